The molecule has 1 heterocycles. The van der Waals surface area contributed by atoms with E-state index in [1.807, 2.05) is 0 Å². The standard InChI is InChI=1S/C12H21N3O2/c1-8-3-2-4-12(13,6-8)11(17)15-9-5-10(16)14-7-9/h8-9H,2-7,13H2,1H3,(H,14,16)(H,15,17). The van der Waals surface area contributed by atoms with Gasteiger partial charge in [-0.25, -0.2) is 0 Å². The molecule has 1 aliphatic carbocycles. The molecule has 2 rings (SSSR count). The molecule has 1 aliphatic heterocycles. The molecule has 2 fully saturated rings. The monoisotopic (exact) mass is 239 g/mol. The van der Waals surface area contributed by atoms with E-state index in [1.54, 1.807) is 0 Å². The highest BCUT2D eigenvalue weighted by Crippen LogP contribution is 2.30. The van der Waals surface area contributed by atoms with Crippen LogP contribution in [0, 0.1) is 5.92 Å². The fraction of sp³-hybridized carbons (Fsp3) is 0.833. The summed E-state index contributed by atoms with van der Waals surface area (Å²) in [5, 5.41) is 5.60. The zero-order valence-corrected chi connectivity index (χ0v) is 10.3. The van der Waals surface area contributed by atoms with Crippen molar-refractivity contribution >= 4 is 11.8 Å². The van der Waals surface area contributed by atoms with Crippen molar-refractivity contribution in [2.45, 2.75) is 50.6 Å². The Morgan fingerprint density at radius 3 is 2.94 bits per heavy atom. The number of carbonyl (C=O) groups is 2. The lowest BCUT2D eigenvalue weighted by Gasteiger charge is -2.36. The average Bonchev–Trinajstić information content (AvgIpc) is 2.63. The average molecular weight is 239 g/mol. The Morgan fingerprint density at radius 2 is 2.35 bits per heavy atom. The molecule has 1 saturated heterocycles. The van der Waals surface area contributed by atoms with Crippen LogP contribution in [0.25, 0.3) is 0 Å². The fourth-order valence-corrected chi connectivity index (χ4v) is 2.83. The first kappa shape index (κ1) is 12.4. The van der Waals surface area contributed by atoms with Crippen molar-refractivity contribution in [3.63, 3.8) is 0 Å². The molecule has 17 heavy (non-hydrogen) atoms. The van der Waals surface area contributed by atoms with Crippen LogP contribution in [0.3, 0.4) is 0 Å². The summed E-state index contributed by atoms with van der Waals surface area (Å²) < 4.78 is 0. The third kappa shape index (κ3) is 2.77. The molecule has 4 N–H and O–H groups in total. The first-order valence-corrected chi connectivity index (χ1v) is 6.36. The van der Waals surface area contributed by atoms with Gasteiger partial charge in [0.15, 0.2) is 0 Å². The molecule has 2 aliphatic rings. The van der Waals surface area contributed by atoms with Gasteiger partial charge in [-0.15, -0.1) is 0 Å². The summed E-state index contributed by atoms with van der Waals surface area (Å²) >= 11 is 0. The predicted molar refractivity (Wildman–Crippen MR) is 64.1 cm³/mol. The lowest BCUT2D eigenvalue weighted by molar-refractivity contribution is -0.128. The first-order valence-electron chi connectivity index (χ1n) is 6.36. The zero-order valence-electron chi connectivity index (χ0n) is 10.3. The van der Waals surface area contributed by atoms with Crippen LogP contribution in [0.1, 0.15) is 39.0 Å². The summed E-state index contributed by atoms with van der Waals surface area (Å²) in [6.45, 7) is 2.66. The summed E-state index contributed by atoms with van der Waals surface area (Å²) in [7, 11) is 0. The molecule has 0 aromatic rings. The molecule has 3 unspecified atom stereocenters. The lowest BCUT2D eigenvalue weighted by atomic mass is 9.76. The van der Waals surface area contributed by atoms with Crippen LogP contribution in [0.4, 0.5) is 0 Å². The van der Waals surface area contributed by atoms with Crippen molar-refractivity contribution in [1.29, 1.82) is 0 Å². The Hall–Kier alpha value is -1.10. The van der Waals surface area contributed by atoms with E-state index in [4.69, 9.17) is 5.73 Å². The Bertz CT molecular complexity index is 332. The van der Waals surface area contributed by atoms with Gasteiger partial charge < -0.3 is 16.4 Å². The number of carbonyl (C=O) groups excluding carboxylic acids is 2. The highest BCUT2D eigenvalue weighted by Gasteiger charge is 2.39. The summed E-state index contributed by atoms with van der Waals surface area (Å²) in [4.78, 5) is 23.2. The van der Waals surface area contributed by atoms with Gasteiger partial charge in [-0.3, -0.25) is 9.59 Å². The van der Waals surface area contributed by atoms with E-state index >= 15 is 0 Å². The second-order valence-corrected chi connectivity index (χ2v) is 5.54. The summed E-state index contributed by atoms with van der Waals surface area (Å²) in [5.41, 5.74) is 5.46. The number of hydrogen-bond acceptors (Lipinski definition) is 3. The number of amides is 2. The third-order valence-corrected chi connectivity index (χ3v) is 3.80. The highest BCUT2D eigenvalue weighted by atomic mass is 16.2. The second kappa shape index (κ2) is 4.64. The van der Waals surface area contributed by atoms with Crippen LogP contribution in [0.15, 0.2) is 0 Å². The van der Waals surface area contributed by atoms with Crippen LogP contribution in [-0.2, 0) is 9.59 Å². The van der Waals surface area contributed by atoms with E-state index in [0.717, 1.165) is 25.7 Å². The Labute approximate surface area is 102 Å². The lowest BCUT2D eigenvalue weighted by Crippen LogP contribution is -2.58. The molecule has 5 nitrogen and oxygen atoms in total. The van der Waals surface area contributed by atoms with Crippen molar-refractivity contribution in [3.8, 4) is 0 Å². The quantitative estimate of drug-likeness (QED) is 0.629. The van der Waals surface area contributed by atoms with Gasteiger partial charge in [0.2, 0.25) is 11.8 Å². The van der Waals surface area contributed by atoms with Gasteiger partial charge in [0.05, 0.1) is 11.6 Å². The van der Waals surface area contributed by atoms with Crippen molar-refractivity contribution in [2.75, 3.05) is 6.54 Å². The molecule has 0 aromatic heterocycles. The van der Waals surface area contributed by atoms with Gasteiger partial charge in [0.25, 0.3) is 0 Å². The maximum Gasteiger partial charge on any atom is 0.240 e. The normalized spacial score (nSPS) is 37.6. The molecule has 2 amide bonds. The Kier molecular flexibility index (Phi) is 3.38. The Balaban J connectivity index is 1.92. The molecule has 96 valence electrons. The molecule has 0 radical (unpaired) electrons. The van der Waals surface area contributed by atoms with E-state index < -0.39 is 5.54 Å². The van der Waals surface area contributed by atoms with E-state index in [9.17, 15) is 9.59 Å². The predicted octanol–water partition coefficient (Wildman–Crippen LogP) is -0.101. The van der Waals surface area contributed by atoms with Crippen LogP contribution in [-0.4, -0.2) is 29.9 Å². The molecular formula is C12H21N3O2. The Morgan fingerprint density at radius 1 is 1.59 bits per heavy atom. The smallest absolute Gasteiger partial charge is 0.240 e. The second-order valence-electron chi connectivity index (χ2n) is 5.54. The fourth-order valence-electron chi connectivity index (χ4n) is 2.83. The number of rotatable bonds is 2. The van der Waals surface area contributed by atoms with Crippen LogP contribution < -0.4 is 16.4 Å². The molecule has 3 atom stereocenters. The molecule has 0 aromatic carbocycles. The van der Waals surface area contributed by atoms with Gasteiger partial charge in [-0.1, -0.05) is 19.8 Å². The minimum Gasteiger partial charge on any atom is -0.354 e. The number of hydrogen-bond donors (Lipinski definition) is 3. The number of nitrogens with two attached hydrogens (primary N) is 1. The van der Waals surface area contributed by atoms with Crippen LogP contribution in [0.2, 0.25) is 0 Å². The minimum absolute atomic E-state index is 0.00150. The summed E-state index contributed by atoms with van der Waals surface area (Å²) in [5.74, 6) is 0.409. The maximum atomic E-state index is 12.2. The van der Waals surface area contributed by atoms with Gasteiger partial charge in [0.1, 0.15) is 0 Å². The van der Waals surface area contributed by atoms with Crippen LogP contribution >= 0.6 is 0 Å². The number of nitrogens with one attached hydrogen (secondary N) is 2. The topological polar surface area (TPSA) is 84.2 Å². The van der Waals surface area contributed by atoms with Gasteiger partial charge in [-0.2, -0.15) is 0 Å². The van der Waals surface area contributed by atoms with Gasteiger partial charge in [-0.05, 0) is 18.8 Å². The van der Waals surface area contributed by atoms with Gasteiger partial charge in [0, 0.05) is 13.0 Å². The van der Waals surface area contributed by atoms with Crippen molar-refractivity contribution in [1.82, 2.24) is 10.6 Å². The van der Waals surface area contributed by atoms with Gasteiger partial charge >= 0.3 is 0 Å². The zero-order chi connectivity index (χ0) is 12.5. The van der Waals surface area contributed by atoms with Crippen molar-refractivity contribution in [3.05, 3.63) is 0 Å². The van der Waals surface area contributed by atoms with E-state index in [2.05, 4.69) is 17.6 Å². The largest absolute Gasteiger partial charge is 0.354 e. The van der Waals surface area contributed by atoms with E-state index in [1.165, 1.54) is 0 Å². The van der Waals surface area contributed by atoms with E-state index in [-0.39, 0.29) is 17.9 Å². The third-order valence-electron chi connectivity index (χ3n) is 3.80. The van der Waals surface area contributed by atoms with Crippen molar-refractivity contribution in [2.24, 2.45) is 11.7 Å². The highest BCUT2D eigenvalue weighted by molar-refractivity contribution is 5.88. The molecule has 0 bridgehead atoms. The first-order chi connectivity index (χ1) is 7.99. The summed E-state index contributed by atoms with van der Waals surface area (Å²) in [6, 6.07) is -0.0901. The van der Waals surface area contributed by atoms with Crippen molar-refractivity contribution < 1.29 is 9.59 Å². The molecule has 1 saturated carbocycles. The minimum atomic E-state index is -0.733. The summed E-state index contributed by atoms with van der Waals surface area (Å²) in [6.07, 6.45) is 4.02. The maximum absolute atomic E-state index is 12.2. The molecule has 5 heteroatoms. The van der Waals surface area contributed by atoms with E-state index in [0.29, 0.717) is 18.9 Å². The van der Waals surface area contributed by atoms with Crippen LogP contribution in [0.5, 0.6) is 0 Å². The molecular weight excluding hydrogens is 218 g/mol. The molecule has 0 spiro atoms. The SMILES string of the molecule is CC1CCCC(N)(C(=O)NC2CNC(=O)C2)C1.